The van der Waals surface area contributed by atoms with Crippen molar-refractivity contribution in [2.75, 3.05) is 18.5 Å². The normalized spacial score (nSPS) is 12.3. The number of amidine groups is 1. The van der Waals surface area contributed by atoms with E-state index >= 15 is 0 Å². The van der Waals surface area contributed by atoms with Crippen molar-refractivity contribution in [3.05, 3.63) is 33.9 Å². The van der Waals surface area contributed by atoms with Crippen LogP contribution in [0.1, 0.15) is 5.56 Å². The van der Waals surface area contributed by atoms with Gasteiger partial charge in [-0.2, -0.15) is 13.2 Å². The van der Waals surface area contributed by atoms with Gasteiger partial charge in [0, 0.05) is 24.9 Å². The Morgan fingerprint density at radius 3 is 2.60 bits per heavy atom. The van der Waals surface area contributed by atoms with Crippen molar-refractivity contribution in [1.82, 2.24) is 0 Å². The maximum atomic E-state index is 12.4. The first-order valence-corrected chi connectivity index (χ1v) is 5.20. The molecule has 0 spiro atoms. The molecular weight excluding hydrogens is 281 g/mol. The van der Waals surface area contributed by atoms with Gasteiger partial charge in [0.15, 0.2) is 5.84 Å². The summed E-state index contributed by atoms with van der Waals surface area (Å²) in [6.45, 7) is -1.28. The molecule has 0 radical (unpaired) electrons. The summed E-state index contributed by atoms with van der Waals surface area (Å²) < 4.78 is 37.1. The number of halogens is 3. The van der Waals surface area contributed by atoms with E-state index < -0.39 is 23.5 Å². The zero-order valence-corrected chi connectivity index (χ0v) is 10.3. The Balaban J connectivity index is 3.28. The first-order chi connectivity index (χ1) is 9.15. The van der Waals surface area contributed by atoms with Crippen LogP contribution >= 0.6 is 0 Å². The van der Waals surface area contributed by atoms with Gasteiger partial charge in [0.2, 0.25) is 0 Å². The summed E-state index contributed by atoms with van der Waals surface area (Å²) in [5.74, 6) is -0.516. The van der Waals surface area contributed by atoms with Crippen molar-refractivity contribution >= 4 is 17.2 Å². The lowest BCUT2D eigenvalue weighted by Crippen LogP contribution is -2.32. The lowest BCUT2D eigenvalue weighted by molar-refractivity contribution is -0.384. The third kappa shape index (κ3) is 3.73. The van der Waals surface area contributed by atoms with Crippen LogP contribution in [0.25, 0.3) is 0 Å². The predicted octanol–water partition coefficient (Wildman–Crippen LogP) is 1.69. The number of nitrogens with zero attached hydrogens (tertiary/aromatic N) is 3. The fraction of sp³-hybridized carbons (Fsp3) is 0.300. The highest BCUT2D eigenvalue weighted by Gasteiger charge is 2.30. The first-order valence-electron chi connectivity index (χ1n) is 5.20. The van der Waals surface area contributed by atoms with Crippen molar-refractivity contribution in [2.24, 2.45) is 10.9 Å². The van der Waals surface area contributed by atoms with E-state index in [2.05, 4.69) is 5.16 Å². The standard InChI is InChI=1S/C10H11F3N4O3/c1-16(5-10(11,12)13)8-3-2-6(17(19)20)4-7(8)9(14)15-18/h2-4,18H,5H2,1H3,(H2,14,15). The van der Waals surface area contributed by atoms with Crippen LogP contribution in [0.4, 0.5) is 24.5 Å². The van der Waals surface area contributed by atoms with E-state index in [4.69, 9.17) is 10.9 Å². The molecule has 0 saturated carbocycles. The van der Waals surface area contributed by atoms with Crippen molar-refractivity contribution in [3.63, 3.8) is 0 Å². The Kier molecular flexibility index (Phi) is 4.38. The number of rotatable bonds is 4. The summed E-state index contributed by atoms with van der Waals surface area (Å²) in [5.41, 5.74) is 4.76. The molecule has 0 fully saturated rings. The molecule has 0 unspecified atom stereocenters. The van der Waals surface area contributed by atoms with E-state index in [0.29, 0.717) is 0 Å². The molecule has 0 heterocycles. The predicted molar refractivity (Wildman–Crippen MR) is 64.9 cm³/mol. The largest absolute Gasteiger partial charge is 0.409 e. The van der Waals surface area contributed by atoms with Crippen LogP contribution in [-0.4, -0.2) is 35.7 Å². The SMILES string of the molecule is CN(CC(F)(F)F)c1ccc([N+](=O)[O-])cc1C(N)=NO. The van der Waals surface area contributed by atoms with Crippen LogP contribution in [0, 0.1) is 10.1 Å². The number of nitro benzene ring substituents is 1. The van der Waals surface area contributed by atoms with E-state index in [-0.39, 0.29) is 16.9 Å². The minimum absolute atomic E-state index is 0.0387. The Morgan fingerprint density at radius 1 is 1.55 bits per heavy atom. The molecule has 0 aliphatic carbocycles. The van der Waals surface area contributed by atoms with Crippen LogP contribution in [-0.2, 0) is 0 Å². The topological polar surface area (TPSA) is 105 Å². The van der Waals surface area contributed by atoms with Gasteiger partial charge in [-0.1, -0.05) is 5.16 Å². The van der Waals surface area contributed by atoms with Gasteiger partial charge in [0.05, 0.1) is 10.5 Å². The number of benzene rings is 1. The summed E-state index contributed by atoms with van der Waals surface area (Å²) in [6.07, 6.45) is -4.46. The maximum Gasteiger partial charge on any atom is 0.405 e. The minimum atomic E-state index is -4.46. The molecule has 0 bridgehead atoms. The highest BCUT2D eigenvalue weighted by Crippen LogP contribution is 2.27. The molecule has 0 aliphatic heterocycles. The average Bonchev–Trinajstić information content (AvgIpc) is 2.34. The van der Waals surface area contributed by atoms with E-state index in [0.717, 1.165) is 30.1 Å². The van der Waals surface area contributed by atoms with Gasteiger partial charge in [-0.05, 0) is 6.07 Å². The molecule has 7 nitrogen and oxygen atoms in total. The summed E-state index contributed by atoms with van der Waals surface area (Å²) in [4.78, 5) is 10.7. The van der Waals surface area contributed by atoms with Gasteiger partial charge in [-0.15, -0.1) is 0 Å². The number of nitro groups is 1. The zero-order valence-electron chi connectivity index (χ0n) is 10.3. The molecule has 20 heavy (non-hydrogen) atoms. The molecule has 0 aromatic heterocycles. The molecule has 3 N–H and O–H groups in total. The number of non-ortho nitro benzene ring substituents is 1. The third-order valence-electron chi connectivity index (χ3n) is 2.40. The van der Waals surface area contributed by atoms with Gasteiger partial charge in [-0.3, -0.25) is 10.1 Å². The highest BCUT2D eigenvalue weighted by molar-refractivity contribution is 6.02. The Labute approximate surface area is 111 Å². The fourth-order valence-corrected chi connectivity index (χ4v) is 1.58. The summed E-state index contributed by atoms with van der Waals surface area (Å²) in [5, 5.41) is 21.9. The van der Waals surface area contributed by atoms with Crippen molar-refractivity contribution in [2.45, 2.75) is 6.18 Å². The number of hydrogen-bond donors (Lipinski definition) is 2. The number of hydrogen-bond acceptors (Lipinski definition) is 5. The molecule has 110 valence electrons. The first kappa shape index (κ1) is 15.5. The van der Waals surface area contributed by atoms with Crippen LogP contribution in [0.15, 0.2) is 23.4 Å². The minimum Gasteiger partial charge on any atom is -0.409 e. The smallest absolute Gasteiger partial charge is 0.405 e. The van der Waals surface area contributed by atoms with Gasteiger partial charge in [0.1, 0.15) is 6.54 Å². The van der Waals surface area contributed by atoms with Gasteiger partial charge in [0.25, 0.3) is 5.69 Å². The summed E-state index contributed by atoms with van der Waals surface area (Å²) in [6, 6.07) is 3.09. The summed E-state index contributed by atoms with van der Waals surface area (Å²) in [7, 11) is 1.14. The number of oxime groups is 1. The lowest BCUT2D eigenvalue weighted by atomic mass is 10.1. The van der Waals surface area contributed by atoms with Crippen molar-refractivity contribution < 1.29 is 23.3 Å². The zero-order chi connectivity index (χ0) is 15.5. The van der Waals surface area contributed by atoms with Crippen LogP contribution < -0.4 is 10.6 Å². The Bertz CT molecular complexity index is 545. The van der Waals surface area contributed by atoms with Gasteiger partial charge in [-0.25, -0.2) is 0 Å². The molecule has 0 saturated heterocycles. The second-order valence-corrected chi connectivity index (χ2v) is 3.92. The van der Waals surface area contributed by atoms with Crippen LogP contribution in [0.5, 0.6) is 0 Å². The number of nitrogens with two attached hydrogens (primary N) is 1. The Hall–Kier alpha value is -2.52. The number of anilines is 1. The molecule has 0 amide bonds. The van der Waals surface area contributed by atoms with Crippen LogP contribution in [0.2, 0.25) is 0 Å². The highest BCUT2D eigenvalue weighted by atomic mass is 19.4. The van der Waals surface area contributed by atoms with Gasteiger partial charge >= 0.3 is 6.18 Å². The van der Waals surface area contributed by atoms with E-state index in [1.54, 1.807) is 0 Å². The lowest BCUT2D eigenvalue weighted by Gasteiger charge is -2.23. The molecule has 0 aliphatic rings. The monoisotopic (exact) mass is 292 g/mol. The van der Waals surface area contributed by atoms with Gasteiger partial charge < -0.3 is 15.8 Å². The second-order valence-electron chi connectivity index (χ2n) is 3.92. The van der Waals surface area contributed by atoms with Crippen molar-refractivity contribution in [3.8, 4) is 0 Å². The van der Waals surface area contributed by atoms with E-state index in [1.807, 2.05) is 0 Å². The van der Waals surface area contributed by atoms with E-state index in [9.17, 15) is 23.3 Å². The Morgan fingerprint density at radius 2 is 2.15 bits per heavy atom. The molecule has 1 aromatic carbocycles. The average molecular weight is 292 g/mol. The number of alkyl halides is 3. The molecule has 0 atom stereocenters. The maximum absolute atomic E-state index is 12.4. The fourth-order valence-electron chi connectivity index (χ4n) is 1.58. The molecule has 1 aromatic rings. The second kappa shape index (κ2) is 5.63. The van der Waals surface area contributed by atoms with Crippen molar-refractivity contribution in [1.29, 1.82) is 0 Å². The van der Waals surface area contributed by atoms with Crippen LogP contribution in [0.3, 0.4) is 0 Å². The quantitative estimate of drug-likeness (QED) is 0.289. The molecule has 10 heteroatoms. The summed E-state index contributed by atoms with van der Waals surface area (Å²) >= 11 is 0. The molecule has 1 rings (SSSR count). The van der Waals surface area contributed by atoms with E-state index in [1.165, 1.54) is 0 Å². The molecular formula is C10H11F3N4O3. The third-order valence-corrected chi connectivity index (χ3v) is 2.40.